The fourth-order valence-electron chi connectivity index (χ4n) is 1.71. The average Bonchev–Trinajstić information content (AvgIpc) is 2.31. The Balaban J connectivity index is 2.86. The molecule has 1 aromatic carbocycles. The molecule has 18 heavy (non-hydrogen) atoms. The molecule has 2 N–H and O–H groups in total. The Hall–Kier alpha value is -1.84. The van der Waals surface area contributed by atoms with Crippen LogP contribution in [-0.4, -0.2) is 17.0 Å². The van der Waals surface area contributed by atoms with Crippen LogP contribution in [0.4, 0.5) is 5.69 Å². The number of hydrogen-bond acceptors (Lipinski definition) is 2. The van der Waals surface area contributed by atoms with Crippen molar-refractivity contribution in [1.29, 1.82) is 0 Å². The molecule has 4 nitrogen and oxygen atoms in total. The van der Waals surface area contributed by atoms with E-state index in [1.807, 2.05) is 20.8 Å². The number of anilines is 1. The molecule has 0 aromatic heterocycles. The minimum Gasteiger partial charge on any atom is -0.478 e. The summed E-state index contributed by atoms with van der Waals surface area (Å²) in [7, 11) is 0. The lowest BCUT2D eigenvalue weighted by atomic mass is 10.0. The number of rotatable bonds is 5. The molecule has 0 bridgehead atoms. The van der Waals surface area contributed by atoms with Crippen molar-refractivity contribution < 1.29 is 14.7 Å². The van der Waals surface area contributed by atoms with Gasteiger partial charge in [0.25, 0.3) is 0 Å². The van der Waals surface area contributed by atoms with E-state index in [1.165, 1.54) is 12.1 Å². The molecule has 4 heteroatoms. The summed E-state index contributed by atoms with van der Waals surface area (Å²) >= 11 is 0. The van der Waals surface area contributed by atoms with E-state index in [1.54, 1.807) is 6.07 Å². The second kappa shape index (κ2) is 6.19. The summed E-state index contributed by atoms with van der Waals surface area (Å²) in [5.74, 6) is -1.13. The summed E-state index contributed by atoms with van der Waals surface area (Å²) in [5, 5.41) is 11.7. The van der Waals surface area contributed by atoms with E-state index in [4.69, 9.17) is 5.11 Å². The van der Waals surface area contributed by atoms with Gasteiger partial charge in [0.05, 0.1) is 5.56 Å². The lowest BCUT2D eigenvalue weighted by molar-refractivity contribution is -0.119. The maximum absolute atomic E-state index is 11.9. The van der Waals surface area contributed by atoms with Crippen molar-refractivity contribution in [1.82, 2.24) is 0 Å². The summed E-state index contributed by atoms with van der Waals surface area (Å²) in [5.41, 5.74) is 1.61. The molecule has 0 heterocycles. The first-order valence-corrected chi connectivity index (χ1v) is 6.10. The molecule has 0 aliphatic heterocycles. The van der Waals surface area contributed by atoms with E-state index in [2.05, 4.69) is 5.32 Å². The molecular formula is C14H19NO3. The van der Waals surface area contributed by atoms with Crippen molar-refractivity contribution in [2.45, 2.75) is 33.6 Å². The molecular weight excluding hydrogens is 230 g/mol. The highest BCUT2D eigenvalue weighted by molar-refractivity contribution is 5.95. The van der Waals surface area contributed by atoms with Gasteiger partial charge >= 0.3 is 5.97 Å². The van der Waals surface area contributed by atoms with Crippen LogP contribution in [0.3, 0.4) is 0 Å². The van der Waals surface area contributed by atoms with Crippen molar-refractivity contribution in [3.8, 4) is 0 Å². The molecule has 1 amide bonds. The summed E-state index contributed by atoms with van der Waals surface area (Å²) in [6.07, 6.45) is 1.77. The Kier molecular flexibility index (Phi) is 4.89. The SMILES string of the molecule is CCCC(C)C(=O)Nc1cc(C(=O)O)ccc1C. The molecule has 1 atom stereocenters. The molecule has 1 unspecified atom stereocenters. The van der Waals surface area contributed by atoms with Crippen LogP contribution in [0.1, 0.15) is 42.6 Å². The first kappa shape index (κ1) is 14.2. The summed E-state index contributed by atoms with van der Waals surface area (Å²) in [6.45, 7) is 5.74. The summed E-state index contributed by atoms with van der Waals surface area (Å²) in [6, 6.07) is 4.72. The highest BCUT2D eigenvalue weighted by Gasteiger charge is 2.14. The van der Waals surface area contributed by atoms with Gasteiger partial charge in [-0.2, -0.15) is 0 Å². The predicted octanol–water partition coefficient (Wildman–Crippen LogP) is 3.07. The Morgan fingerprint density at radius 2 is 2.06 bits per heavy atom. The minimum absolute atomic E-state index is 0.0668. The average molecular weight is 249 g/mol. The Labute approximate surface area is 107 Å². The predicted molar refractivity (Wildman–Crippen MR) is 70.8 cm³/mol. The highest BCUT2D eigenvalue weighted by atomic mass is 16.4. The van der Waals surface area contributed by atoms with E-state index >= 15 is 0 Å². The molecule has 1 rings (SSSR count). The van der Waals surface area contributed by atoms with Crippen LogP contribution >= 0.6 is 0 Å². The summed E-state index contributed by atoms with van der Waals surface area (Å²) in [4.78, 5) is 22.8. The van der Waals surface area contributed by atoms with Gasteiger partial charge in [-0.15, -0.1) is 0 Å². The largest absolute Gasteiger partial charge is 0.478 e. The molecule has 0 fully saturated rings. The van der Waals surface area contributed by atoms with Crippen LogP contribution in [0.5, 0.6) is 0 Å². The molecule has 0 spiro atoms. The van der Waals surface area contributed by atoms with Gasteiger partial charge < -0.3 is 10.4 Å². The first-order chi connectivity index (χ1) is 8.45. The van der Waals surface area contributed by atoms with E-state index in [0.717, 1.165) is 18.4 Å². The third-order valence-corrected chi connectivity index (χ3v) is 2.91. The molecule has 0 radical (unpaired) electrons. The lowest BCUT2D eigenvalue weighted by Crippen LogP contribution is -2.21. The fourth-order valence-corrected chi connectivity index (χ4v) is 1.71. The molecule has 0 aliphatic rings. The van der Waals surface area contributed by atoms with E-state index in [0.29, 0.717) is 5.69 Å². The second-order valence-electron chi connectivity index (χ2n) is 4.51. The number of benzene rings is 1. The van der Waals surface area contributed by atoms with Gasteiger partial charge in [-0.3, -0.25) is 4.79 Å². The van der Waals surface area contributed by atoms with Gasteiger partial charge in [0.1, 0.15) is 0 Å². The number of aryl methyl sites for hydroxylation is 1. The summed E-state index contributed by atoms with van der Waals surface area (Å²) < 4.78 is 0. The number of carboxylic acids is 1. The zero-order valence-electron chi connectivity index (χ0n) is 11.0. The third kappa shape index (κ3) is 3.58. The number of carboxylic acid groups (broad SMARTS) is 1. The van der Waals surface area contributed by atoms with E-state index in [9.17, 15) is 9.59 Å². The number of aromatic carboxylic acids is 1. The lowest BCUT2D eigenvalue weighted by Gasteiger charge is -2.13. The normalized spacial score (nSPS) is 11.9. The van der Waals surface area contributed by atoms with Crippen molar-refractivity contribution in [2.24, 2.45) is 5.92 Å². The number of nitrogens with one attached hydrogen (secondary N) is 1. The third-order valence-electron chi connectivity index (χ3n) is 2.91. The Morgan fingerprint density at radius 3 is 2.61 bits per heavy atom. The maximum Gasteiger partial charge on any atom is 0.335 e. The molecule has 0 saturated carbocycles. The monoisotopic (exact) mass is 249 g/mol. The standard InChI is InChI=1S/C14H19NO3/c1-4-5-10(3)13(16)15-12-8-11(14(17)18)7-6-9(12)2/h6-8,10H,4-5H2,1-3H3,(H,15,16)(H,17,18). The fraction of sp³-hybridized carbons (Fsp3) is 0.429. The van der Waals surface area contributed by atoms with Crippen molar-refractivity contribution >= 4 is 17.6 Å². The molecule has 0 saturated heterocycles. The van der Waals surface area contributed by atoms with E-state index < -0.39 is 5.97 Å². The number of carbonyl (C=O) groups excluding carboxylic acids is 1. The topological polar surface area (TPSA) is 66.4 Å². The van der Waals surface area contributed by atoms with Crippen LogP contribution in [0.25, 0.3) is 0 Å². The number of hydrogen-bond donors (Lipinski definition) is 2. The van der Waals surface area contributed by atoms with Gasteiger partial charge in [-0.1, -0.05) is 26.3 Å². The van der Waals surface area contributed by atoms with Crippen LogP contribution in [0.15, 0.2) is 18.2 Å². The van der Waals surface area contributed by atoms with Gasteiger partial charge in [-0.25, -0.2) is 4.79 Å². The van der Waals surface area contributed by atoms with Gasteiger partial charge in [0.2, 0.25) is 5.91 Å². The van der Waals surface area contributed by atoms with Crippen molar-refractivity contribution in [3.63, 3.8) is 0 Å². The van der Waals surface area contributed by atoms with Gasteiger partial charge in [-0.05, 0) is 31.0 Å². The van der Waals surface area contributed by atoms with Gasteiger partial charge in [0, 0.05) is 11.6 Å². The van der Waals surface area contributed by atoms with Crippen molar-refractivity contribution in [3.05, 3.63) is 29.3 Å². The zero-order chi connectivity index (χ0) is 13.7. The number of carbonyl (C=O) groups is 2. The zero-order valence-corrected chi connectivity index (χ0v) is 11.0. The van der Waals surface area contributed by atoms with Crippen LogP contribution in [0, 0.1) is 12.8 Å². The molecule has 0 aliphatic carbocycles. The Morgan fingerprint density at radius 1 is 1.39 bits per heavy atom. The maximum atomic E-state index is 11.9. The van der Waals surface area contributed by atoms with Crippen molar-refractivity contribution in [2.75, 3.05) is 5.32 Å². The molecule has 98 valence electrons. The van der Waals surface area contributed by atoms with E-state index in [-0.39, 0.29) is 17.4 Å². The van der Waals surface area contributed by atoms with Crippen LogP contribution in [0.2, 0.25) is 0 Å². The second-order valence-corrected chi connectivity index (χ2v) is 4.51. The quantitative estimate of drug-likeness (QED) is 0.842. The highest BCUT2D eigenvalue weighted by Crippen LogP contribution is 2.18. The smallest absolute Gasteiger partial charge is 0.335 e. The van der Waals surface area contributed by atoms with Crippen LogP contribution in [-0.2, 0) is 4.79 Å². The van der Waals surface area contributed by atoms with Crippen LogP contribution < -0.4 is 5.32 Å². The molecule has 1 aromatic rings. The number of amides is 1. The minimum atomic E-state index is -0.993. The first-order valence-electron chi connectivity index (χ1n) is 6.10. The Bertz CT molecular complexity index is 454. The van der Waals surface area contributed by atoms with Gasteiger partial charge in [0.15, 0.2) is 0 Å².